The molecule has 0 aliphatic heterocycles. The van der Waals surface area contributed by atoms with E-state index in [0.717, 1.165) is 40.8 Å². The summed E-state index contributed by atoms with van der Waals surface area (Å²) in [5.74, 6) is 0.867. The van der Waals surface area contributed by atoms with Gasteiger partial charge in [-0.05, 0) is 37.1 Å². The van der Waals surface area contributed by atoms with Crippen LogP contribution in [-0.4, -0.2) is 34.8 Å². The van der Waals surface area contributed by atoms with Gasteiger partial charge in [0.15, 0.2) is 5.82 Å². The second-order valence-corrected chi connectivity index (χ2v) is 8.43. The first-order chi connectivity index (χ1) is 11.5. The van der Waals surface area contributed by atoms with Gasteiger partial charge in [-0.25, -0.2) is 17.5 Å². The fourth-order valence-corrected chi connectivity index (χ4v) is 4.23. The van der Waals surface area contributed by atoms with E-state index in [2.05, 4.69) is 20.0 Å². The summed E-state index contributed by atoms with van der Waals surface area (Å²) >= 11 is 1.41. The molecular formula is C14H14FN5O2S2. The van der Waals surface area contributed by atoms with Crippen molar-refractivity contribution in [3.8, 4) is 0 Å². The maximum atomic E-state index is 12.9. The van der Waals surface area contributed by atoms with Crippen LogP contribution < -0.4 is 4.72 Å². The van der Waals surface area contributed by atoms with E-state index in [1.54, 1.807) is 4.52 Å². The average Bonchev–Trinajstić information content (AvgIpc) is 3.18. The van der Waals surface area contributed by atoms with Gasteiger partial charge in [-0.3, -0.25) is 0 Å². The summed E-state index contributed by atoms with van der Waals surface area (Å²) in [5.41, 5.74) is 0. The Hall–Kier alpha value is -1.91. The van der Waals surface area contributed by atoms with E-state index in [1.165, 1.54) is 23.5 Å². The van der Waals surface area contributed by atoms with Gasteiger partial charge >= 0.3 is 0 Å². The molecule has 0 radical (unpaired) electrons. The zero-order valence-corrected chi connectivity index (χ0v) is 14.1. The Morgan fingerprint density at radius 2 is 2.00 bits per heavy atom. The lowest BCUT2D eigenvalue weighted by Crippen LogP contribution is -2.26. The predicted molar refractivity (Wildman–Crippen MR) is 85.9 cm³/mol. The van der Waals surface area contributed by atoms with E-state index in [4.69, 9.17) is 0 Å². The van der Waals surface area contributed by atoms with Crippen LogP contribution in [0.25, 0.3) is 4.96 Å². The molecule has 0 unspecified atom stereocenters. The minimum atomic E-state index is -3.65. The molecule has 2 aromatic heterocycles. The van der Waals surface area contributed by atoms with E-state index in [9.17, 15) is 12.8 Å². The number of nitrogens with one attached hydrogen (secondary N) is 1. The number of benzene rings is 1. The number of nitrogens with zero attached hydrogens (tertiary/aromatic N) is 4. The quantitative estimate of drug-likeness (QED) is 0.717. The minimum Gasteiger partial charge on any atom is -0.211 e. The van der Waals surface area contributed by atoms with Crippen LogP contribution >= 0.6 is 11.3 Å². The van der Waals surface area contributed by atoms with Gasteiger partial charge < -0.3 is 0 Å². The summed E-state index contributed by atoms with van der Waals surface area (Å²) in [6, 6.07) is 4.72. The van der Waals surface area contributed by atoms with Crippen LogP contribution in [0, 0.1) is 5.82 Å². The summed E-state index contributed by atoms with van der Waals surface area (Å²) < 4.78 is 41.4. The van der Waals surface area contributed by atoms with Crippen molar-refractivity contribution < 1.29 is 12.8 Å². The molecule has 1 N–H and O–H groups in total. The smallest absolute Gasteiger partial charge is 0.211 e. The molecule has 1 fully saturated rings. The Labute approximate surface area is 141 Å². The van der Waals surface area contributed by atoms with Crippen molar-refractivity contribution in [2.45, 2.75) is 30.1 Å². The highest BCUT2D eigenvalue weighted by molar-refractivity contribution is 7.89. The monoisotopic (exact) mass is 367 g/mol. The van der Waals surface area contributed by atoms with Gasteiger partial charge in [0.1, 0.15) is 10.8 Å². The molecule has 126 valence electrons. The molecule has 1 aliphatic carbocycles. The number of sulfonamides is 1. The van der Waals surface area contributed by atoms with Gasteiger partial charge in [-0.15, -0.1) is 10.2 Å². The molecule has 1 aromatic carbocycles. The van der Waals surface area contributed by atoms with Crippen molar-refractivity contribution in [2.24, 2.45) is 0 Å². The Morgan fingerprint density at radius 1 is 1.25 bits per heavy atom. The van der Waals surface area contributed by atoms with Crippen molar-refractivity contribution in [3.63, 3.8) is 0 Å². The van der Waals surface area contributed by atoms with Crippen LogP contribution in [0.2, 0.25) is 0 Å². The predicted octanol–water partition coefficient (Wildman–Crippen LogP) is 1.72. The number of halogens is 1. The second kappa shape index (κ2) is 5.87. The van der Waals surface area contributed by atoms with Gasteiger partial charge in [0.25, 0.3) is 0 Å². The molecular weight excluding hydrogens is 353 g/mol. The lowest BCUT2D eigenvalue weighted by molar-refractivity contribution is 0.580. The molecule has 1 aliphatic rings. The lowest BCUT2D eigenvalue weighted by Gasteiger charge is -2.05. The maximum Gasteiger partial charge on any atom is 0.240 e. The molecule has 4 rings (SSSR count). The van der Waals surface area contributed by atoms with Crippen molar-refractivity contribution >= 4 is 26.3 Å². The number of rotatable bonds is 6. The van der Waals surface area contributed by atoms with Crippen LogP contribution in [-0.2, 0) is 16.4 Å². The number of fused-ring (bicyclic) bond motifs is 1. The largest absolute Gasteiger partial charge is 0.240 e. The first-order valence-corrected chi connectivity index (χ1v) is 9.79. The van der Waals surface area contributed by atoms with Crippen molar-refractivity contribution in [1.82, 2.24) is 24.5 Å². The Kier molecular flexibility index (Phi) is 3.82. The van der Waals surface area contributed by atoms with E-state index in [0.29, 0.717) is 12.3 Å². The minimum absolute atomic E-state index is 0.0399. The van der Waals surface area contributed by atoms with Crippen LogP contribution in [0.1, 0.15) is 29.6 Å². The highest BCUT2D eigenvalue weighted by atomic mass is 32.2. The van der Waals surface area contributed by atoms with Gasteiger partial charge in [0, 0.05) is 18.9 Å². The summed E-state index contributed by atoms with van der Waals surface area (Å²) in [4.78, 5) is 0.770. The van der Waals surface area contributed by atoms with E-state index < -0.39 is 15.8 Å². The molecule has 0 saturated heterocycles. The zero-order chi connectivity index (χ0) is 16.7. The third-order valence-electron chi connectivity index (χ3n) is 3.75. The number of hydrogen-bond acceptors (Lipinski definition) is 6. The number of aromatic nitrogens is 4. The molecule has 24 heavy (non-hydrogen) atoms. The molecule has 3 aromatic rings. The summed E-state index contributed by atoms with van der Waals surface area (Å²) in [6.45, 7) is 0.211. The third-order valence-corrected chi connectivity index (χ3v) is 6.19. The Bertz CT molecular complexity index is 976. The number of hydrogen-bond donors (Lipinski definition) is 1. The van der Waals surface area contributed by atoms with E-state index in [-0.39, 0.29) is 11.4 Å². The van der Waals surface area contributed by atoms with Gasteiger partial charge in [0.2, 0.25) is 15.0 Å². The molecule has 0 amide bonds. The second-order valence-electron chi connectivity index (χ2n) is 5.62. The molecule has 0 bridgehead atoms. The normalized spacial score (nSPS) is 15.2. The highest BCUT2D eigenvalue weighted by Crippen LogP contribution is 2.39. The summed E-state index contributed by atoms with van der Waals surface area (Å²) in [7, 11) is -3.65. The van der Waals surface area contributed by atoms with Crippen LogP contribution in [0.15, 0.2) is 29.2 Å². The van der Waals surface area contributed by atoms with E-state index >= 15 is 0 Å². The molecule has 10 heteroatoms. The standard InChI is InChI=1S/C14H14FN5O2S2/c15-10-3-5-11(6-4-10)24(21,22)16-8-7-12-19-20-13(9-1-2-9)17-18-14(20)23-12/h3-6,9,16H,1-2,7-8H2. The van der Waals surface area contributed by atoms with Crippen LogP contribution in [0.3, 0.4) is 0 Å². The highest BCUT2D eigenvalue weighted by Gasteiger charge is 2.30. The first-order valence-electron chi connectivity index (χ1n) is 7.49. The van der Waals surface area contributed by atoms with Gasteiger partial charge in [0.05, 0.1) is 4.90 Å². The molecule has 0 spiro atoms. The van der Waals surface area contributed by atoms with Crippen molar-refractivity contribution in [1.29, 1.82) is 0 Å². The maximum absolute atomic E-state index is 12.9. The summed E-state index contributed by atoms with van der Waals surface area (Å²) in [5, 5.41) is 13.5. The lowest BCUT2D eigenvalue weighted by atomic mass is 10.4. The fourth-order valence-electron chi connectivity index (χ4n) is 2.36. The van der Waals surface area contributed by atoms with Gasteiger partial charge in [-0.1, -0.05) is 11.3 Å². The SMILES string of the molecule is O=S(=O)(NCCc1nn2c(C3CC3)nnc2s1)c1ccc(F)cc1. The molecule has 1 saturated carbocycles. The van der Waals surface area contributed by atoms with E-state index in [1.807, 2.05) is 0 Å². The first kappa shape index (κ1) is 15.6. The fraction of sp³-hybridized carbons (Fsp3) is 0.357. The Morgan fingerprint density at radius 3 is 2.71 bits per heavy atom. The average molecular weight is 367 g/mol. The van der Waals surface area contributed by atoms with Crippen LogP contribution in [0.5, 0.6) is 0 Å². The topological polar surface area (TPSA) is 89.2 Å². The van der Waals surface area contributed by atoms with Crippen molar-refractivity contribution in [2.75, 3.05) is 6.54 Å². The third kappa shape index (κ3) is 3.04. The molecule has 0 atom stereocenters. The Balaban J connectivity index is 1.42. The van der Waals surface area contributed by atoms with Crippen LogP contribution in [0.4, 0.5) is 4.39 Å². The summed E-state index contributed by atoms with van der Waals surface area (Å²) in [6.07, 6.45) is 2.69. The zero-order valence-electron chi connectivity index (χ0n) is 12.5. The molecule has 7 nitrogen and oxygen atoms in total. The van der Waals surface area contributed by atoms with Crippen molar-refractivity contribution in [3.05, 3.63) is 40.9 Å². The molecule has 2 heterocycles. The van der Waals surface area contributed by atoms with Gasteiger partial charge in [-0.2, -0.15) is 9.61 Å².